The van der Waals surface area contributed by atoms with Gasteiger partial charge in [-0.15, -0.1) is 0 Å². The average Bonchev–Trinajstić information content (AvgIpc) is 2.43. The number of hydrogen-bond acceptors (Lipinski definition) is 3. The smallest absolute Gasteiger partial charge is 0.145 e. The van der Waals surface area contributed by atoms with Crippen molar-refractivity contribution in [2.75, 3.05) is 0 Å². The van der Waals surface area contributed by atoms with Crippen molar-refractivity contribution in [3.63, 3.8) is 0 Å². The summed E-state index contributed by atoms with van der Waals surface area (Å²) in [5.41, 5.74) is 1.45. The lowest BCUT2D eigenvalue weighted by Crippen LogP contribution is -1.98. The molecule has 0 aliphatic rings. The van der Waals surface area contributed by atoms with Crippen LogP contribution >= 0.6 is 0 Å². The molecule has 0 saturated carbocycles. The van der Waals surface area contributed by atoms with Gasteiger partial charge in [-0.2, -0.15) is 0 Å². The molecule has 0 aliphatic heterocycles. The molecule has 0 fully saturated rings. The highest BCUT2D eigenvalue weighted by molar-refractivity contribution is 5.36. The predicted molar refractivity (Wildman–Crippen MR) is 70.7 cm³/mol. The molecule has 100 valence electrons. The van der Waals surface area contributed by atoms with E-state index in [-0.39, 0.29) is 5.82 Å². The van der Waals surface area contributed by atoms with Crippen molar-refractivity contribution >= 4 is 0 Å². The van der Waals surface area contributed by atoms with Crippen molar-refractivity contribution in [2.45, 2.75) is 26.4 Å². The van der Waals surface area contributed by atoms with Crippen LogP contribution in [0.25, 0.3) is 0 Å². The number of aliphatic hydroxyl groups is 1. The number of hydrogen-bond donors (Lipinski definition) is 1. The highest BCUT2D eigenvalue weighted by Gasteiger charge is 2.07. The van der Waals surface area contributed by atoms with Crippen LogP contribution in [0.15, 0.2) is 36.5 Å². The monoisotopic (exact) mass is 261 g/mol. The molecule has 1 atom stereocenters. The number of ether oxygens (including phenoxy) is 1. The summed E-state index contributed by atoms with van der Waals surface area (Å²) in [7, 11) is 0. The number of aryl methyl sites for hydroxylation is 1. The number of pyridine rings is 1. The lowest BCUT2D eigenvalue weighted by Gasteiger charge is -2.10. The Balaban J connectivity index is 2.17. The largest absolute Gasteiger partial charge is 0.455 e. The first kappa shape index (κ1) is 13.5. The van der Waals surface area contributed by atoms with E-state index in [0.29, 0.717) is 23.6 Å². The van der Waals surface area contributed by atoms with Crippen LogP contribution in [0.5, 0.6) is 11.5 Å². The highest BCUT2D eigenvalue weighted by atomic mass is 19.1. The molecule has 2 aromatic rings. The van der Waals surface area contributed by atoms with Crippen LogP contribution in [-0.2, 0) is 0 Å². The fraction of sp³-hybridized carbons (Fsp3) is 0.267. The maximum Gasteiger partial charge on any atom is 0.145 e. The molecule has 1 aromatic heterocycles. The van der Waals surface area contributed by atoms with E-state index in [0.717, 1.165) is 5.56 Å². The van der Waals surface area contributed by atoms with Crippen molar-refractivity contribution in [3.8, 4) is 11.5 Å². The van der Waals surface area contributed by atoms with E-state index in [1.54, 1.807) is 18.2 Å². The van der Waals surface area contributed by atoms with Crippen LogP contribution in [0.1, 0.15) is 30.7 Å². The average molecular weight is 261 g/mol. The van der Waals surface area contributed by atoms with E-state index in [9.17, 15) is 9.50 Å². The standard InChI is InChI=1S/C15H16FNO2/c1-3-14(18)13-7-6-12(9-17-13)19-15-8-11(16)5-4-10(15)2/h4-9,14,18H,3H2,1-2H3/t14-/m1/s1. The summed E-state index contributed by atoms with van der Waals surface area (Å²) in [6.45, 7) is 3.73. The van der Waals surface area contributed by atoms with E-state index in [2.05, 4.69) is 4.98 Å². The van der Waals surface area contributed by atoms with Gasteiger partial charge in [0.05, 0.1) is 18.0 Å². The Kier molecular flexibility index (Phi) is 4.12. The summed E-state index contributed by atoms with van der Waals surface area (Å²) in [5, 5.41) is 9.64. The van der Waals surface area contributed by atoms with E-state index in [1.165, 1.54) is 18.3 Å². The predicted octanol–water partition coefficient (Wildman–Crippen LogP) is 3.76. The normalized spacial score (nSPS) is 12.2. The van der Waals surface area contributed by atoms with Gasteiger partial charge in [0, 0.05) is 6.07 Å². The van der Waals surface area contributed by atoms with E-state index in [1.807, 2.05) is 13.8 Å². The van der Waals surface area contributed by atoms with Crippen molar-refractivity contribution < 1.29 is 14.2 Å². The minimum atomic E-state index is -0.565. The van der Waals surface area contributed by atoms with Crippen LogP contribution in [0.3, 0.4) is 0 Å². The van der Waals surface area contributed by atoms with Gasteiger partial charge in [-0.25, -0.2) is 4.39 Å². The van der Waals surface area contributed by atoms with Gasteiger partial charge >= 0.3 is 0 Å². The molecule has 1 heterocycles. The number of nitrogens with zero attached hydrogens (tertiary/aromatic N) is 1. The van der Waals surface area contributed by atoms with Gasteiger partial charge in [0.15, 0.2) is 0 Å². The third-order valence-corrected chi connectivity index (χ3v) is 2.87. The molecular weight excluding hydrogens is 245 g/mol. The Hall–Kier alpha value is -1.94. The van der Waals surface area contributed by atoms with Gasteiger partial charge < -0.3 is 9.84 Å². The number of rotatable bonds is 4. The molecule has 0 radical (unpaired) electrons. The van der Waals surface area contributed by atoms with Gasteiger partial charge in [0.1, 0.15) is 17.3 Å². The lowest BCUT2D eigenvalue weighted by molar-refractivity contribution is 0.169. The fourth-order valence-electron chi connectivity index (χ4n) is 1.67. The number of aromatic nitrogens is 1. The molecule has 4 heteroatoms. The van der Waals surface area contributed by atoms with Crippen LogP contribution < -0.4 is 4.74 Å². The molecule has 0 aliphatic carbocycles. The molecule has 1 aromatic carbocycles. The molecule has 0 bridgehead atoms. The van der Waals surface area contributed by atoms with E-state index >= 15 is 0 Å². The Morgan fingerprint density at radius 2 is 2.11 bits per heavy atom. The van der Waals surface area contributed by atoms with E-state index in [4.69, 9.17) is 4.74 Å². The van der Waals surface area contributed by atoms with Crippen LogP contribution in [0, 0.1) is 12.7 Å². The van der Waals surface area contributed by atoms with Gasteiger partial charge in [0.2, 0.25) is 0 Å². The van der Waals surface area contributed by atoms with Gasteiger partial charge in [-0.1, -0.05) is 13.0 Å². The number of aliphatic hydroxyl groups excluding tert-OH is 1. The van der Waals surface area contributed by atoms with Gasteiger partial charge in [-0.3, -0.25) is 4.98 Å². The molecule has 3 nitrogen and oxygen atoms in total. The maximum absolute atomic E-state index is 13.1. The van der Waals surface area contributed by atoms with Crippen molar-refractivity contribution in [3.05, 3.63) is 53.6 Å². The maximum atomic E-state index is 13.1. The summed E-state index contributed by atoms with van der Waals surface area (Å²) >= 11 is 0. The summed E-state index contributed by atoms with van der Waals surface area (Å²) in [5.74, 6) is 0.637. The first-order valence-electron chi connectivity index (χ1n) is 6.18. The molecule has 1 N–H and O–H groups in total. The number of benzene rings is 1. The van der Waals surface area contributed by atoms with Crippen LogP contribution in [0.4, 0.5) is 4.39 Å². The Morgan fingerprint density at radius 3 is 2.74 bits per heavy atom. The second-order valence-corrected chi connectivity index (χ2v) is 4.35. The SMILES string of the molecule is CC[C@@H](O)c1ccc(Oc2cc(F)ccc2C)cn1. The molecule has 0 spiro atoms. The van der Waals surface area contributed by atoms with Crippen molar-refractivity contribution in [1.29, 1.82) is 0 Å². The van der Waals surface area contributed by atoms with Crippen LogP contribution in [-0.4, -0.2) is 10.1 Å². The second-order valence-electron chi connectivity index (χ2n) is 4.35. The highest BCUT2D eigenvalue weighted by Crippen LogP contribution is 2.26. The molecule has 0 unspecified atom stereocenters. The summed E-state index contributed by atoms with van der Waals surface area (Å²) in [6.07, 6.45) is 1.57. The zero-order valence-corrected chi connectivity index (χ0v) is 10.9. The molecule has 2 rings (SSSR count). The summed E-state index contributed by atoms with van der Waals surface area (Å²) < 4.78 is 18.7. The zero-order chi connectivity index (χ0) is 13.8. The third kappa shape index (κ3) is 3.29. The first-order chi connectivity index (χ1) is 9.10. The number of halogens is 1. The van der Waals surface area contributed by atoms with Crippen LogP contribution in [0.2, 0.25) is 0 Å². The Labute approximate surface area is 111 Å². The fourth-order valence-corrected chi connectivity index (χ4v) is 1.67. The molecule has 19 heavy (non-hydrogen) atoms. The second kappa shape index (κ2) is 5.80. The minimum Gasteiger partial charge on any atom is -0.455 e. The topological polar surface area (TPSA) is 42.4 Å². The van der Waals surface area contributed by atoms with E-state index < -0.39 is 6.10 Å². The molecular formula is C15H16FNO2. The molecule has 0 amide bonds. The minimum absolute atomic E-state index is 0.341. The van der Waals surface area contributed by atoms with Crippen molar-refractivity contribution in [2.24, 2.45) is 0 Å². The Morgan fingerprint density at radius 1 is 1.32 bits per heavy atom. The lowest BCUT2D eigenvalue weighted by atomic mass is 10.2. The summed E-state index contributed by atoms with van der Waals surface area (Å²) in [6, 6.07) is 7.81. The third-order valence-electron chi connectivity index (χ3n) is 2.87. The van der Waals surface area contributed by atoms with Gasteiger partial charge in [-0.05, 0) is 37.1 Å². The zero-order valence-electron chi connectivity index (χ0n) is 10.9. The first-order valence-corrected chi connectivity index (χ1v) is 6.18. The quantitative estimate of drug-likeness (QED) is 0.911. The van der Waals surface area contributed by atoms with Gasteiger partial charge in [0.25, 0.3) is 0 Å². The summed E-state index contributed by atoms with van der Waals surface area (Å²) in [4.78, 5) is 4.13. The Bertz CT molecular complexity index is 555. The van der Waals surface area contributed by atoms with Crippen molar-refractivity contribution in [1.82, 2.24) is 4.98 Å². The molecule has 0 saturated heterocycles.